The number of hydrogen-bond acceptors (Lipinski definition) is 1. The highest BCUT2D eigenvalue weighted by molar-refractivity contribution is 9.10. The number of hydrogen-bond donors (Lipinski definition) is 0. The fourth-order valence-electron chi connectivity index (χ4n) is 0.645. The molecule has 0 aliphatic rings. The Kier molecular flexibility index (Phi) is 2.31. The summed E-state index contributed by atoms with van der Waals surface area (Å²) < 4.78 is 0.855. The minimum atomic E-state index is 0.548. The molecule has 0 radical (unpaired) electrons. The van der Waals surface area contributed by atoms with E-state index in [1.165, 1.54) is 0 Å². The molecule has 52 valence electrons. The first kappa shape index (κ1) is 7.85. The summed E-state index contributed by atoms with van der Waals surface area (Å²) >= 11 is 3.26. The van der Waals surface area contributed by atoms with E-state index in [1.807, 2.05) is 0 Å². The second-order valence-corrected chi connectivity index (χ2v) is 2.76. The Morgan fingerprint density at radius 3 is 2.00 bits per heavy atom. The predicted molar refractivity (Wildman–Crippen MR) is 47.8 cm³/mol. The first-order chi connectivity index (χ1) is 5.26. The minimum Gasteiger partial charge on any atom is -0.231 e. The van der Waals surface area contributed by atoms with Crippen molar-refractivity contribution < 1.29 is 0 Å². The largest absolute Gasteiger partial charge is 0.231 e. The molecule has 0 aliphatic carbocycles. The Balaban J connectivity index is 3.28. The van der Waals surface area contributed by atoms with E-state index in [1.54, 1.807) is 12.1 Å². The second kappa shape index (κ2) is 3.23. The second-order valence-electron chi connectivity index (χ2n) is 1.84. The Morgan fingerprint density at radius 1 is 1.18 bits per heavy atom. The van der Waals surface area contributed by atoms with Crippen LogP contribution in [0.25, 0.3) is 0 Å². The van der Waals surface area contributed by atoms with Crippen LogP contribution in [0.5, 0.6) is 0 Å². The summed E-state index contributed by atoms with van der Waals surface area (Å²) in [5.41, 5.74) is 1.10. The van der Waals surface area contributed by atoms with Gasteiger partial charge in [-0.2, -0.15) is 0 Å². The van der Waals surface area contributed by atoms with E-state index in [9.17, 15) is 0 Å². The van der Waals surface area contributed by atoms with Crippen LogP contribution < -0.4 is 0 Å². The SMILES string of the molecule is C#Cc1cc(Br)cc(C#C)n1. The van der Waals surface area contributed by atoms with Gasteiger partial charge in [-0.15, -0.1) is 12.8 Å². The predicted octanol–water partition coefficient (Wildman–Crippen LogP) is 1.81. The van der Waals surface area contributed by atoms with Crippen molar-refractivity contribution in [1.82, 2.24) is 4.98 Å². The zero-order chi connectivity index (χ0) is 8.27. The minimum absolute atomic E-state index is 0.548. The molecule has 0 amide bonds. The van der Waals surface area contributed by atoms with Crippen LogP contribution in [-0.4, -0.2) is 4.98 Å². The van der Waals surface area contributed by atoms with Crippen LogP contribution >= 0.6 is 15.9 Å². The maximum Gasteiger partial charge on any atom is 0.115 e. The van der Waals surface area contributed by atoms with Crippen LogP contribution in [0.15, 0.2) is 16.6 Å². The van der Waals surface area contributed by atoms with E-state index >= 15 is 0 Å². The highest BCUT2D eigenvalue weighted by atomic mass is 79.9. The number of aromatic nitrogens is 1. The average molecular weight is 206 g/mol. The van der Waals surface area contributed by atoms with E-state index in [0.29, 0.717) is 11.4 Å². The number of terminal acetylenes is 2. The van der Waals surface area contributed by atoms with Crippen molar-refractivity contribution in [2.75, 3.05) is 0 Å². The summed E-state index contributed by atoms with van der Waals surface area (Å²) in [6.45, 7) is 0. The highest BCUT2D eigenvalue weighted by Gasteiger charge is 1.94. The quantitative estimate of drug-likeness (QED) is 0.590. The summed E-state index contributed by atoms with van der Waals surface area (Å²) in [7, 11) is 0. The molecule has 0 aliphatic heterocycles. The van der Waals surface area contributed by atoms with Gasteiger partial charge in [0, 0.05) is 4.47 Å². The Hall–Kier alpha value is -1.25. The zero-order valence-electron chi connectivity index (χ0n) is 5.63. The number of rotatable bonds is 0. The molecule has 0 atom stereocenters. The van der Waals surface area contributed by atoms with Crippen LogP contribution in [0.2, 0.25) is 0 Å². The molecule has 0 spiro atoms. The molecule has 2 heteroatoms. The van der Waals surface area contributed by atoms with Gasteiger partial charge < -0.3 is 0 Å². The van der Waals surface area contributed by atoms with E-state index in [2.05, 4.69) is 32.8 Å². The number of nitrogens with zero attached hydrogens (tertiary/aromatic N) is 1. The van der Waals surface area contributed by atoms with Crippen LogP contribution in [0.1, 0.15) is 11.4 Å². The summed E-state index contributed by atoms with van der Waals surface area (Å²) in [5.74, 6) is 4.81. The van der Waals surface area contributed by atoms with Crippen LogP contribution in [0.4, 0.5) is 0 Å². The molecule has 1 aromatic rings. The standard InChI is InChI=1S/C9H4BrN/c1-3-8-5-7(10)6-9(4-2)11-8/h1-2,5-6H. The Morgan fingerprint density at radius 2 is 1.64 bits per heavy atom. The topological polar surface area (TPSA) is 12.9 Å². The van der Waals surface area contributed by atoms with Gasteiger partial charge in [-0.3, -0.25) is 0 Å². The summed E-state index contributed by atoms with van der Waals surface area (Å²) in [6, 6.07) is 3.47. The molecule has 1 heterocycles. The van der Waals surface area contributed by atoms with E-state index in [-0.39, 0.29) is 0 Å². The van der Waals surface area contributed by atoms with Crippen molar-refractivity contribution in [3.63, 3.8) is 0 Å². The molecule has 1 nitrogen and oxygen atoms in total. The number of pyridine rings is 1. The lowest BCUT2D eigenvalue weighted by molar-refractivity contribution is 1.24. The lowest BCUT2D eigenvalue weighted by atomic mass is 10.3. The smallest absolute Gasteiger partial charge is 0.115 e. The van der Waals surface area contributed by atoms with E-state index in [0.717, 1.165) is 4.47 Å². The van der Waals surface area contributed by atoms with Gasteiger partial charge in [-0.25, -0.2) is 4.98 Å². The van der Waals surface area contributed by atoms with Crippen LogP contribution in [-0.2, 0) is 0 Å². The monoisotopic (exact) mass is 205 g/mol. The van der Waals surface area contributed by atoms with Gasteiger partial charge in [0.25, 0.3) is 0 Å². The highest BCUT2D eigenvalue weighted by Crippen LogP contribution is 2.11. The van der Waals surface area contributed by atoms with Gasteiger partial charge in [0.2, 0.25) is 0 Å². The van der Waals surface area contributed by atoms with Gasteiger partial charge in [0.05, 0.1) is 0 Å². The molecule has 11 heavy (non-hydrogen) atoms. The fourth-order valence-corrected chi connectivity index (χ4v) is 1.08. The average Bonchev–Trinajstić information content (AvgIpc) is 2.03. The molecule has 1 rings (SSSR count). The van der Waals surface area contributed by atoms with Crippen LogP contribution in [0, 0.1) is 24.7 Å². The first-order valence-electron chi connectivity index (χ1n) is 2.87. The zero-order valence-corrected chi connectivity index (χ0v) is 7.22. The molecular weight excluding hydrogens is 202 g/mol. The van der Waals surface area contributed by atoms with Crippen molar-refractivity contribution in [1.29, 1.82) is 0 Å². The normalized spacial score (nSPS) is 8.27. The molecule has 0 unspecified atom stereocenters. The fraction of sp³-hybridized carbons (Fsp3) is 0. The van der Waals surface area contributed by atoms with E-state index < -0.39 is 0 Å². The van der Waals surface area contributed by atoms with Crippen molar-refractivity contribution >= 4 is 15.9 Å². The van der Waals surface area contributed by atoms with Crippen molar-refractivity contribution in [3.8, 4) is 24.7 Å². The molecule has 1 aromatic heterocycles. The third kappa shape index (κ3) is 1.83. The van der Waals surface area contributed by atoms with Crippen molar-refractivity contribution in [2.45, 2.75) is 0 Å². The van der Waals surface area contributed by atoms with Gasteiger partial charge in [-0.05, 0) is 12.1 Å². The molecule has 0 N–H and O–H groups in total. The first-order valence-corrected chi connectivity index (χ1v) is 3.66. The lowest BCUT2D eigenvalue weighted by Crippen LogP contribution is -1.86. The van der Waals surface area contributed by atoms with Crippen molar-refractivity contribution in [3.05, 3.63) is 28.0 Å². The number of halogens is 1. The molecule has 0 bridgehead atoms. The van der Waals surface area contributed by atoms with Crippen molar-refractivity contribution in [2.24, 2.45) is 0 Å². The molecule has 0 saturated heterocycles. The Labute approximate surface area is 74.0 Å². The maximum atomic E-state index is 5.14. The summed E-state index contributed by atoms with van der Waals surface area (Å²) in [6.07, 6.45) is 10.3. The van der Waals surface area contributed by atoms with Gasteiger partial charge >= 0.3 is 0 Å². The summed E-state index contributed by atoms with van der Waals surface area (Å²) in [5, 5.41) is 0. The lowest BCUT2D eigenvalue weighted by Gasteiger charge is -1.93. The molecule has 0 saturated carbocycles. The molecular formula is C9H4BrN. The van der Waals surface area contributed by atoms with E-state index in [4.69, 9.17) is 12.8 Å². The maximum absolute atomic E-state index is 5.14. The van der Waals surface area contributed by atoms with Crippen LogP contribution in [0.3, 0.4) is 0 Å². The van der Waals surface area contributed by atoms with Gasteiger partial charge in [0.15, 0.2) is 0 Å². The molecule has 0 fully saturated rings. The third-order valence-corrected chi connectivity index (χ3v) is 1.54. The van der Waals surface area contributed by atoms with Gasteiger partial charge in [0.1, 0.15) is 11.4 Å². The molecule has 0 aromatic carbocycles. The van der Waals surface area contributed by atoms with Gasteiger partial charge in [-0.1, -0.05) is 27.8 Å². The third-order valence-electron chi connectivity index (χ3n) is 1.09. The Bertz CT molecular complexity index is 323. The summed E-state index contributed by atoms with van der Waals surface area (Å²) in [4.78, 5) is 3.97.